The third kappa shape index (κ3) is 4.51. The summed E-state index contributed by atoms with van der Waals surface area (Å²) in [6.45, 7) is 1.67. The number of halogens is 1. The second-order valence-corrected chi connectivity index (χ2v) is 5.18. The van der Waals surface area contributed by atoms with Gasteiger partial charge in [-0.05, 0) is 30.5 Å². The maximum absolute atomic E-state index is 5.74. The van der Waals surface area contributed by atoms with Gasteiger partial charge in [0.25, 0.3) is 0 Å². The Morgan fingerprint density at radius 3 is 2.50 bits per heavy atom. The molecule has 3 heteroatoms. The Bertz CT molecular complexity index is 333. The minimum absolute atomic E-state index is 0.559. The van der Waals surface area contributed by atoms with Gasteiger partial charge in [-0.2, -0.15) is 0 Å². The van der Waals surface area contributed by atoms with E-state index in [0.717, 1.165) is 24.5 Å². The van der Waals surface area contributed by atoms with Gasteiger partial charge >= 0.3 is 0 Å². The average molecular weight is 268 g/mol. The Labute approximate surface area is 115 Å². The summed E-state index contributed by atoms with van der Waals surface area (Å²) in [4.78, 5) is 0. The minimum Gasteiger partial charge on any atom is -0.492 e. The first-order chi connectivity index (χ1) is 8.88. The summed E-state index contributed by atoms with van der Waals surface area (Å²) < 4.78 is 5.69. The normalized spacial score (nSPS) is 16.7. The van der Waals surface area contributed by atoms with Gasteiger partial charge in [0, 0.05) is 18.5 Å². The number of rotatable bonds is 6. The van der Waals surface area contributed by atoms with Crippen LogP contribution in [0.5, 0.6) is 5.75 Å². The van der Waals surface area contributed by atoms with Gasteiger partial charge in [0.2, 0.25) is 0 Å². The highest BCUT2D eigenvalue weighted by Crippen LogP contribution is 2.17. The Morgan fingerprint density at radius 2 is 1.83 bits per heavy atom. The maximum atomic E-state index is 5.74. The average Bonchev–Trinajstić information content (AvgIpc) is 2.45. The summed E-state index contributed by atoms with van der Waals surface area (Å²) in [5, 5.41) is 3.57. The third-order valence-corrected chi connectivity index (χ3v) is 3.80. The Kier molecular flexibility index (Phi) is 5.82. The van der Waals surface area contributed by atoms with Gasteiger partial charge in [0.1, 0.15) is 12.4 Å². The van der Waals surface area contributed by atoms with Crippen LogP contribution < -0.4 is 10.1 Å². The van der Waals surface area contributed by atoms with E-state index < -0.39 is 0 Å². The number of hydrogen-bond donors (Lipinski definition) is 1. The monoisotopic (exact) mass is 267 g/mol. The lowest BCUT2D eigenvalue weighted by molar-refractivity contribution is 0.289. The molecule has 1 aromatic carbocycles. The largest absolute Gasteiger partial charge is 0.492 e. The highest BCUT2D eigenvalue weighted by Gasteiger charge is 2.11. The molecule has 2 rings (SSSR count). The molecular weight excluding hydrogens is 246 g/mol. The van der Waals surface area contributed by atoms with Crippen LogP contribution in [0.4, 0.5) is 0 Å². The SMILES string of the molecule is ClCc1ccc(OCCNC2CCCCC2)cc1. The van der Waals surface area contributed by atoms with E-state index in [-0.39, 0.29) is 0 Å². The van der Waals surface area contributed by atoms with Crippen LogP contribution in [0, 0.1) is 0 Å². The van der Waals surface area contributed by atoms with Crippen LogP contribution in [0.3, 0.4) is 0 Å². The van der Waals surface area contributed by atoms with Crippen LogP contribution in [0.1, 0.15) is 37.7 Å². The molecule has 1 N–H and O–H groups in total. The fraction of sp³-hybridized carbons (Fsp3) is 0.600. The van der Waals surface area contributed by atoms with Gasteiger partial charge in [-0.25, -0.2) is 0 Å². The smallest absolute Gasteiger partial charge is 0.119 e. The Hall–Kier alpha value is -0.730. The summed E-state index contributed by atoms with van der Waals surface area (Å²) in [5.41, 5.74) is 1.13. The van der Waals surface area contributed by atoms with Crippen molar-refractivity contribution >= 4 is 11.6 Å². The van der Waals surface area contributed by atoms with Gasteiger partial charge in [-0.1, -0.05) is 31.4 Å². The standard InChI is InChI=1S/C15H22ClNO/c16-12-13-6-8-15(9-7-13)18-11-10-17-14-4-2-1-3-5-14/h6-9,14,17H,1-5,10-12H2. The molecule has 0 radical (unpaired) electrons. The highest BCUT2D eigenvalue weighted by molar-refractivity contribution is 6.17. The Morgan fingerprint density at radius 1 is 1.11 bits per heavy atom. The number of hydrogen-bond acceptors (Lipinski definition) is 2. The molecule has 0 unspecified atom stereocenters. The molecule has 1 aliphatic rings. The maximum Gasteiger partial charge on any atom is 0.119 e. The molecule has 0 spiro atoms. The van der Waals surface area contributed by atoms with Gasteiger partial charge in [0.05, 0.1) is 0 Å². The lowest BCUT2D eigenvalue weighted by atomic mass is 9.96. The van der Waals surface area contributed by atoms with E-state index in [9.17, 15) is 0 Å². The fourth-order valence-electron chi connectivity index (χ4n) is 2.41. The zero-order valence-corrected chi connectivity index (χ0v) is 11.6. The van der Waals surface area contributed by atoms with Gasteiger partial charge in [-0.15, -0.1) is 11.6 Å². The zero-order valence-electron chi connectivity index (χ0n) is 10.8. The fourth-order valence-corrected chi connectivity index (χ4v) is 2.59. The molecule has 0 atom stereocenters. The van der Waals surface area contributed by atoms with Crippen molar-refractivity contribution in [1.29, 1.82) is 0 Å². The molecule has 100 valence electrons. The van der Waals surface area contributed by atoms with Crippen molar-refractivity contribution in [3.63, 3.8) is 0 Å². The molecule has 1 saturated carbocycles. The lowest BCUT2D eigenvalue weighted by Gasteiger charge is -2.22. The van der Waals surface area contributed by atoms with Gasteiger partial charge < -0.3 is 10.1 Å². The molecule has 0 saturated heterocycles. The molecule has 2 nitrogen and oxygen atoms in total. The van der Waals surface area contributed by atoms with Crippen LogP contribution in [-0.4, -0.2) is 19.2 Å². The number of alkyl halides is 1. The second-order valence-electron chi connectivity index (χ2n) is 4.92. The first-order valence-corrected chi connectivity index (χ1v) is 7.43. The summed E-state index contributed by atoms with van der Waals surface area (Å²) >= 11 is 5.74. The van der Waals surface area contributed by atoms with Crippen molar-refractivity contribution in [2.24, 2.45) is 0 Å². The molecule has 18 heavy (non-hydrogen) atoms. The minimum atomic E-state index is 0.559. The predicted octanol–water partition coefficient (Wildman–Crippen LogP) is 3.73. The van der Waals surface area contributed by atoms with E-state index >= 15 is 0 Å². The molecule has 1 aromatic rings. The van der Waals surface area contributed by atoms with Crippen molar-refractivity contribution in [1.82, 2.24) is 5.32 Å². The van der Waals surface area contributed by atoms with Crippen molar-refractivity contribution in [2.45, 2.75) is 44.0 Å². The van der Waals surface area contributed by atoms with E-state index in [1.54, 1.807) is 0 Å². The molecule has 0 heterocycles. The van der Waals surface area contributed by atoms with Crippen LogP contribution >= 0.6 is 11.6 Å². The highest BCUT2D eigenvalue weighted by atomic mass is 35.5. The molecule has 1 aliphatic carbocycles. The first-order valence-electron chi connectivity index (χ1n) is 6.89. The van der Waals surface area contributed by atoms with Crippen molar-refractivity contribution in [2.75, 3.05) is 13.2 Å². The number of nitrogens with one attached hydrogen (secondary N) is 1. The summed E-state index contributed by atoms with van der Waals surface area (Å²) in [6, 6.07) is 8.70. The van der Waals surface area contributed by atoms with Crippen LogP contribution in [0.15, 0.2) is 24.3 Å². The summed E-state index contributed by atoms with van der Waals surface area (Å²) in [7, 11) is 0. The lowest BCUT2D eigenvalue weighted by Crippen LogP contribution is -2.34. The second kappa shape index (κ2) is 7.65. The number of benzene rings is 1. The van der Waals surface area contributed by atoms with E-state index in [2.05, 4.69) is 5.32 Å². The first kappa shape index (κ1) is 13.7. The van der Waals surface area contributed by atoms with E-state index in [1.165, 1.54) is 32.1 Å². The van der Waals surface area contributed by atoms with Gasteiger partial charge in [-0.3, -0.25) is 0 Å². The van der Waals surface area contributed by atoms with Crippen LogP contribution in [0.25, 0.3) is 0 Å². The molecule has 0 amide bonds. The summed E-state index contributed by atoms with van der Waals surface area (Å²) in [5.74, 6) is 1.48. The molecule has 0 aliphatic heterocycles. The van der Waals surface area contributed by atoms with Gasteiger partial charge in [0.15, 0.2) is 0 Å². The molecule has 0 aromatic heterocycles. The van der Waals surface area contributed by atoms with E-state index in [1.807, 2.05) is 24.3 Å². The van der Waals surface area contributed by atoms with Crippen molar-refractivity contribution in [3.05, 3.63) is 29.8 Å². The van der Waals surface area contributed by atoms with Crippen LogP contribution in [-0.2, 0) is 5.88 Å². The van der Waals surface area contributed by atoms with E-state index in [0.29, 0.717) is 11.9 Å². The predicted molar refractivity (Wildman–Crippen MR) is 76.4 cm³/mol. The molecular formula is C15H22ClNO. The quantitative estimate of drug-likeness (QED) is 0.626. The van der Waals surface area contributed by atoms with Crippen molar-refractivity contribution < 1.29 is 4.74 Å². The topological polar surface area (TPSA) is 21.3 Å². The number of ether oxygens (including phenoxy) is 1. The third-order valence-electron chi connectivity index (χ3n) is 3.49. The van der Waals surface area contributed by atoms with Crippen LogP contribution in [0.2, 0.25) is 0 Å². The summed E-state index contributed by atoms with van der Waals surface area (Å²) in [6.07, 6.45) is 6.80. The zero-order chi connectivity index (χ0) is 12.6. The molecule has 1 fully saturated rings. The Balaban J connectivity index is 1.62. The molecule has 0 bridgehead atoms. The van der Waals surface area contributed by atoms with E-state index in [4.69, 9.17) is 16.3 Å². The van der Waals surface area contributed by atoms with Crippen molar-refractivity contribution in [3.8, 4) is 5.75 Å².